The molecule has 2 aromatic rings. The number of rotatable bonds is 4. The summed E-state index contributed by atoms with van der Waals surface area (Å²) in [4.78, 5) is 17.3. The van der Waals surface area contributed by atoms with Gasteiger partial charge in [0.25, 0.3) is 0 Å². The van der Waals surface area contributed by atoms with Crippen molar-refractivity contribution in [2.75, 3.05) is 26.2 Å². The van der Waals surface area contributed by atoms with Crippen LogP contribution < -0.4 is 0 Å². The number of halogens is 3. The standard InChI is InChI=1S/C19H18F3N3O3S/c20-19(21,22)16-2-1-3-17(14-16)29(27,28)25-12-10-24(11-13-25)18(26)5-4-15-6-8-23-9-7-15/h1-9,14H,10-13H2/b5-4+. The molecule has 0 unspecified atom stereocenters. The number of piperazine rings is 1. The van der Waals surface area contributed by atoms with E-state index < -0.39 is 26.7 Å². The van der Waals surface area contributed by atoms with E-state index in [1.807, 2.05) is 0 Å². The number of pyridine rings is 1. The average molecular weight is 425 g/mol. The molecule has 1 amide bonds. The van der Waals surface area contributed by atoms with Gasteiger partial charge in [0.05, 0.1) is 10.5 Å². The maximum Gasteiger partial charge on any atom is 0.416 e. The molecule has 1 fully saturated rings. The summed E-state index contributed by atoms with van der Waals surface area (Å²) in [6.07, 6.45) is 1.60. The lowest BCUT2D eigenvalue weighted by Gasteiger charge is -2.33. The second-order valence-corrected chi connectivity index (χ2v) is 8.31. The SMILES string of the molecule is O=C(/C=C/c1ccncc1)N1CCN(S(=O)(=O)c2cccc(C(F)(F)F)c2)CC1. The van der Waals surface area contributed by atoms with Crippen LogP contribution in [0.15, 0.2) is 59.8 Å². The van der Waals surface area contributed by atoms with Crippen molar-refractivity contribution in [1.29, 1.82) is 0 Å². The first-order chi connectivity index (χ1) is 13.7. The van der Waals surface area contributed by atoms with Gasteiger partial charge in [-0.15, -0.1) is 0 Å². The molecule has 0 atom stereocenters. The summed E-state index contributed by atoms with van der Waals surface area (Å²) in [5.74, 6) is -0.266. The fourth-order valence-corrected chi connectivity index (χ4v) is 4.35. The molecule has 1 aromatic carbocycles. The lowest BCUT2D eigenvalue weighted by atomic mass is 10.2. The predicted molar refractivity (Wildman–Crippen MR) is 100 cm³/mol. The summed E-state index contributed by atoms with van der Waals surface area (Å²) in [5, 5.41) is 0. The van der Waals surface area contributed by atoms with Crippen LogP contribution in [0.25, 0.3) is 6.08 Å². The van der Waals surface area contributed by atoms with E-state index in [0.717, 1.165) is 28.1 Å². The zero-order valence-corrected chi connectivity index (χ0v) is 16.0. The maximum absolute atomic E-state index is 12.9. The molecule has 0 radical (unpaired) electrons. The summed E-state index contributed by atoms with van der Waals surface area (Å²) in [6.45, 7) is 0.316. The van der Waals surface area contributed by atoms with Crippen LogP contribution in [0.2, 0.25) is 0 Å². The Bertz CT molecular complexity index is 1000. The van der Waals surface area contributed by atoms with Crippen LogP contribution in [0.3, 0.4) is 0 Å². The topological polar surface area (TPSA) is 70.6 Å². The van der Waals surface area contributed by atoms with Crippen molar-refractivity contribution in [3.63, 3.8) is 0 Å². The van der Waals surface area contributed by atoms with Gasteiger partial charge < -0.3 is 4.90 Å². The third kappa shape index (κ3) is 5.01. The van der Waals surface area contributed by atoms with Crippen LogP contribution in [0.4, 0.5) is 13.2 Å². The Morgan fingerprint density at radius 1 is 1.03 bits per heavy atom. The number of carbonyl (C=O) groups is 1. The minimum Gasteiger partial charge on any atom is -0.337 e. The van der Waals surface area contributed by atoms with E-state index in [0.29, 0.717) is 6.07 Å². The van der Waals surface area contributed by atoms with E-state index >= 15 is 0 Å². The summed E-state index contributed by atoms with van der Waals surface area (Å²) < 4.78 is 65.1. The molecule has 0 spiro atoms. The summed E-state index contributed by atoms with van der Waals surface area (Å²) >= 11 is 0. The van der Waals surface area contributed by atoms with E-state index in [1.54, 1.807) is 30.6 Å². The number of sulfonamides is 1. The average Bonchev–Trinajstić information content (AvgIpc) is 2.72. The smallest absolute Gasteiger partial charge is 0.337 e. The van der Waals surface area contributed by atoms with E-state index in [-0.39, 0.29) is 32.1 Å². The van der Waals surface area contributed by atoms with Crippen molar-refractivity contribution in [3.8, 4) is 0 Å². The van der Waals surface area contributed by atoms with Crippen molar-refractivity contribution in [3.05, 3.63) is 66.0 Å². The van der Waals surface area contributed by atoms with Crippen LogP contribution in [-0.4, -0.2) is 54.7 Å². The molecule has 1 saturated heterocycles. The van der Waals surface area contributed by atoms with Gasteiger partial charge in [0.2, 0.25) is 15.9 Å². The fraction of sp³-hybridized carbons (Fsp3) is 0.263. The van der Waals surface area contributed by atoms with Gasteiger partial charge in [-0.05, 0) is 42.0 Å². The molecule has 154 valence electrons. The van der Waals surface area contributed by atoms with Gasteiger partial charge >= 0.3 is 6.18 Å². The number of carbonyl (C=O) groups excluding carboxylic acids is 1. The number of hydrogen-bond donors (Lipinski definition) is 0. The number of hydrogen-bond acceptors (Lipinski definition) is 4. The molecular weight excluding hydrogens is 407 g/mol. The van der Waals surface area contributed by atoms with Crippen LogP contribution in [0.1, 0.15) is 11.1 Å². The van der Waals surface area contributed by atoms with Gasteiger partial charge in [0, 0.05) is 44.6 Å². The minimum atomic E-state index is -4.63. The Kier molecular flexibility index (Phi) is 6.04. The second-order valence-electron chi connectivity index (χ2n) is 6.37. The number of aromatic nitrogens is 1. The fourth-order valence-electron chi connectivity index (χ4n) is 2.88. The zero-order chi connectivity index (χ0) is 21.1. The lowest BCUT2D eigenvalue weighted by molar-refractivity contribution is -0.137. The van der Waals surface area contributed by atoms with Crippen molar-refractivity contribution in [2.45, 2.75) is 11.1 Å². The molecule has 0 bridgehead atoms. The maximum atomic E-state index is 12.9. The lowest BCUT2D eigenvalue weighted by Crippen LogP contribution is -2.50. The molecule has 1 aliphatic heterocycles. The normalized spacial score (nSPS) is 16.3. The Morgan fingerprint density at radius 3 is 2.31 bits per heavy atom. The molecule has 2 heterocycles. The largest absolute Gasteiger partial charge is 0.416 e. The molecule has 1 aromatic heterocycles. The van der Waals surface area contributed by atoms with Gasteiger partial charge in [0.1, 0.15) is 0 Å². The van der Waals surface area contributed by atoms with Crippen molar-refractivity contribution in [1.82, 2.24) is 14.2 Å². The third-order valence-electron chi connectivity index (χ3n) is 4.47. The first-order valence-corrected chi connectivity index (χ1v) is 10.2. The molecule has 6 nitrogen and oxygen atoms in total. The van der Waals surface area contributed by atoms with Crippen LogP contribution >= 0.6 is 0 Å². The summed E-state index contributed by atoms with van der Waals surface area (Å²) in [5.41, 5.74) is -0.215. The molecular formula is C19H18F3N3O3S. The van der Waals surface area contributed by atoms with E-state index in [4.69, 9.17) is 0 Å². The second kappa shape index (κ2) is 8.34. The molecule has 0 N–H and O–H groups in total. The minimum absolute atomic E-state index is 0.00736. The predicted octanol–water partition coefficient (Wildman–Crippen LogP) is 2.65. The Labute approximate surface area is 166 Å². The Morgan fingerprint density at radius 2 is 1.69 bits per heavy atom. The van der Waals surface area contributed by atoms with Crippen LogP contribution in [0, 0.1) is 0 Å². The number of alkyl halides is 3. The number of amides is 1. The monoisotopic (exact) mass is 425 g/mol. The van der Waals surface area contributed by atoms with Gasteiger partial charge in [-0.1, -0.05) is 6.07 Å². The molecule has 0 aliphatic carbocycles. The summed E-state index contributed by atoms with van der Waals surface area (Å²) in [7, 11) is -4.08. The first kappa shape index (κ1) is 21.0. The van der Waals surface area contributed by atoms with Crippen molar-refractivity contribution >= 4 is 22.0 Å². The van der Waals surface area contributed by atoms with Crippen LogP contribution in [-0.2, 0) is 21.0 Å². The van der Waals surface area contributed by atoms with E-state index in [9.17, 15) is 26.4 Å². The molecule has 29 heavy (non-hydrogen) atoms. The van der Waals surface area contributed by atoms with Crippen LogP contribution in [0.5, 0.6) is 0 Å². The first-order valence-electron chi connectivity index (χ1n) is 8.72. The highest BCUT2D eigenvalue weighted by atomic mass is 32.2. The highest BCUT2D eigenvalue weighted by molar-refractivity contribution is 7.89. The van der Waals surface area contributed by atoms with Gasteiger partial charge in [-0.3, -0.25) is 9.78 Å². The Balaban J connectivity index is 1.65. The van der Waals surface area contributed by atoms with Gasteiger partial charge in [-0.25, -0.2) is 8.42 Å². The van der Waals surface area contributed by atoms with Gasteiger partial charge in [-0.2, -0.15) is 17.5 Å². The molecule has 0 saturated carbocycles. The highest BCUT2D eigenvalue weighted by Crippen LogP contribution is 2.31. The molecule has 3 rings (SSSR count). The van der Waals surface area contributed by atoms with E-state index in [2.05, 4.69) is 4.98 Å². The quantitative estimate of drug-likeness (QED) is 0.707. The summed E-state index contributed by atoms with van der Waals surface area (Å²) in [6, 6.07) is 7.14. The third-order valence-corrected chi connectivity index (χ3v) is 6.37. The van der Waals surface area contributed by atoms with Crippen molar-refractivity contribution < 1.29 is 26.4 Å². The highest BCUT2D eigenvalue weighted by Gasteiger charge is 2.34. The van der Waals surface area contributed by atoms with E-state index in [1.165, 1.54) is 11.0 Å². The number of benzene rings is 1. The van der Waals surface area contributed by atoms with Crippen molar-refractivity contribution in [2.24, 2.45) is 0 Å². The van der Waals surface area contributed by atoms with Gasteiger partial charge in [0.15, 0.2) is 0 Å². The zero-order valence-electron chi connectivity index (χ0n) is 15.2. The Hall–Kier alpha value is -2.72. The molecule has 1 aliphatic rings. The number of nitrogens with zero attached hydrogens (tertiary/aromatic N) is 3. The molecule has 10 heteroatoms.